The number of carbonyl (C=O) groups is 1. The molecule has 0 bridgehead atoms. The standard InChI is InChI=1S/C19H16F3NO/c1-11-7-8-13(9-15(11)19(20,21)22)17-16(23)10-14(18(17)24)12-5-3-2-4-6-12/h2-9,14,17,23H,10H2,1H3. The molecule has 0 aromatic heterocycles. The normalized spacial score (nSPS) is 21.3. The maximum Gasteiger partial charge on any atom is 0.416 e. The van der Waals surface area contributed by atoms with Crippen LogP contribution < -0.4 is 0 Å². The zero-order chi connectivity index (χ0) is 17.5. The van der Waals surface area contributed by atoms with Crippen molar-refractivity contribution >= 4 is 11.5 Å². The number of nitrogens with one attached hydrogen (secondary N) is 1. The minimum Gasteiger partial charge on any atom is -0.309 e. The van der Waals surface area contributed by atoms with Gasteiger partial charge in [-0.2, -0.15) is 13.2 Å². The van der Waals surface area contributed by atoms with Gasteiger partial charge in [-0.25, -0.2) is 0 Å². The molecule has 2 aromatic carbocycles. The van der Waals surface area contributed by atoms with Gasteiger partial charge in [0.15, 0.2) is 5.78 Å². The summed E-state index contributed by atoms with van der Waals surface area (Å²) in [4.78, 5) is 12.7. The molecule has 0 amide bonds. The highest BCUT2D eigenvalue weighted by molar-refractivity contribution is 6.17. The molecule has 124 valence electrons. The number of Topliss-reactive ketones (excluding diaryl/α,β-unsaturated/α-hetero) is 1. The fourth-order valence-corrected chi connectivity index (χ4v) is 3.27. The SMILES string of the molecule is Cc1ccc(C2C(=N)CC(c3ccccc3)C2=O)cc1C(F)(F)F. The van der Waals surface area contributed by atoms with Crippen molar-refractivity contribution in [3.8, 4) is 0 Å². The van der Waals surface area contributed by atoms with Crippen molar-refractivity contribution in [2.75, 3.05) is 0 Å². The van der Waals surface area contributed by atoms with E-state index in [-0.39, 0.29) is 29.0 Å². The highest BCUT2D eigenvalue weighted by Crippen LogP contribution is 2.40. The summed E-state index contributed by atoms with van der Waals surface area (Å²) in [6.07, 6.45) is -4.22. The van der Waals surface area contributed by atoms with Crippen molar-refractivity contribution in [3.63, 3.8) is 0 Å². The van der Waals surface area contributed by atoms with Crippen molar-refractivity contribution in [2.24, 2.45) is 0 Å². The number of hydrogen-bond donors (Lipinski definition) is 1. The summed E-state index contributed by atoms with van der Waals surface area (Å²) < 4.78 is 39.3. The fraction of sp³-hybridized carbons (Fsp3) is 0.263. The quantitative estimate of drug-likeness (QED) is 0.837. The Morgan fingerprint density at radius 3 is 2.33 bits per heavy atom. The van der Waals surface area contributed by atoms with Gasteiger partial charge in [-0.1, -0.05) is 42.5 Å². The van der Waals surface area contributed by atoms with Gasteiger partial charge in [-0.15, -0.1) is 0 Å². The molecule has 24 heavy (non-hydrogen) atoms. The highest BCUT2D eigenvalue weighted by atomic mass is 19.4. The Balaban J connectivity index is 1.99. The molecule has 1 aliphatic carbocycles. The van der Waals surface area contributed by atoms with Gasteiger partial charge in [0.25, 0.3) is 0 Å². The van der Waals surface area contributed by atoms with E-state index in [2.05, 4.69) is 0 Å². The van der Waals surface area contributed by atoms with E-state index in [0.717, 1.165) is 11.6 Å². The second-order valence-corrected chi connectivity index (χ2v) is 6.10. The van der Waals surface area contributed by atoms with Gasteiger partial charge in [0.2, 0.25) is 0 Å². The topological polar surface area (TPSA) is 40.9 Å². The summed E-state index contributed by atoms with van der Waals surface area (Å²) in [5.41, 5.74) is 0.594. The molecule has 1 fully saturated rings. The van der Waals surface area contributed by atoms with E-state index in [1.165, 1.54) is 19.1 Å². The molecule has 2 nitrogen and oxygen atoms in total. The van der Waals surface area contributed by atoms with Crippen molar-refractivity contribution in [2.45, 2.75) is 31.4 Å². The lowest BCUT2D eigenvalue weighted by Gasteiger charge is -2.15. The molecule has 0 aliphatic heterocycles. The lowest BCUT2D eigenvalue weighted by atomic mass is 9.89. The summed E-state index contributed by atoms with van der Waals surface area (Å²) >= 11 is 0. The molecule has 0 spiro atoms. The van der Waals surface area contributed by atoms with Crippen LogP contribution in [-0.2, 0) is 11.0 Å². The van der Waals surface area contributed by atoms with Crippen LogP contribution in [0.3, 0.4) is 0 Å². The number of ketones is 1. The van der Waals surface area contributed by atoms with E-state index in [4.69, 9.17) is 5.41 Å². The summed E-state index contributed by atoms with van der Waals surface area (Å²) in [6.45, 7) is 1.39. The second-order valence-electron chi connectivity index (χ2n) is 6.10. The first-order valence-corrected chi connectivity index (χ1v) is 7.62. The predicted octanol–water partition coefficient (Wildman–Crippen LogP) is 4.87. The van der Waals surface area contributed by atoms with Gasteiger partial charge in [0, 0.05) is 11.6 Å². The summed E-state index contributed by atoms with van der Waals surface area (Å²) in [5.74, 6) is -1.56. The predicted molar refractivity (Wildman–Crippen MR) is 85.5 cm³/mol. The minimum absolute atomic E-state index is 0.114. The van der Waals surface area contributed by atoms with Crippen LogP contribution >= 0.6 is 0 Å². The van der Waals surface area contributed by atoms with Crippen molar-refractivity contribution < 1.29 is 18.0 Å². The zero-order valence-corrected chi connectivity index (χ0v) is 13.0. The third-order valence-electron chi connectivity index (χ3n) is 4.50. The Hall–Kier alpha value is -2.43. The average Bonchev–Trinajstić information content (AvgIpc) is 2.83. The number of hydrogen-bond acceptors (Lipinski definition) is 2. The van der Waals surface area contributed by atoms with Crippen molar-refractivity contribution in [1.82, 2.24) is 0 Å². The number of aryl methyl sites for hydroxylation is 1. The van der Waals surface area contributed by atoms with Crippen LogP contribution in [0.25, 0.3) is 0 Å². The van der Waals surface area contributed by atoms with Gasteiger partial charge in [0.05, 0.1) is 11.5 Å². The molecule has 2 aromatic rings. The first kappa shape index (κ1) is 16.4. The average molecular weight is 331 g/mol. The maximum absolute atomic E-state index is 13.1. The first-order valence-electron chi connectivity index (χ1n) is 7.62. The second kappa shape index (κ2) is 5.89. The van der Waals surface area contributed by atoms with E-state index in [1.807, 2.05) is 30.3 Å². The Kier molecular flexibility index (Phi) is 4.03. The molecular weight excluding hydrogens is 315 g/mol. The van der Waals surface area contributed by atoms with E-state index in [0.29, 0.717) is 0 Å². The summed E-state index contributed by atoms with van der Waals surface area (Å²) in [7, 11) is 0. The molecule has 1 aliphatic rings. The number of halogens is 3. The Morgan fingerprint density at radius 1 is 1.04 bits per heavy atom. The van der Waals surface area contributed by atoms with Gasteiger partial charge in [0.1, 0.15) is 0 Å². The van der Waals surface area contributed by atoms with Crippen LogP contribution in [0, 0.1) is 12.3 Å². The molecule has 1 N–H and O–H groups in total. The highest BCUT2D eigenvalue weighted by Gasteiger charge is 2.41. The van der Waals surface area contributed by atoms with Crippen LogP contribution in [-0.4, -0.2) is 11.5 Å². The van der Waals surface area contributed by atoms with E-state index < -0.39 is 23.6 Å². The van der Waals surface area contributed by atoms with Crippen LogP contribution in [0.5, 0.6) is 0 Å². The largest absolute Gasteiger partial charge is 0.416 e. The van der Waals surface area contributed by atoms with Gasteiger partial charge < -0.3 is 5.41 Å². The van der Waals surface area contributed by atoms with Crippen molar-refractivity contribution in [3.05, 3.63) is 70.8 Å². The van der Waals surface area contributed by atoms with Crippen LogP contribution in [0.1, 0.15) is 40.5 Å². The number of benzene rings is 2. The van der Waals surface area contributed by atoms with Crippen molar-refractivity contribution in [1.29, 1.82) is 5.41 Å². The molecule has 0 heterocycles. The number of carbonyl (C=O) groups excluding carboxylic acids is 1. The first-order chi connectivity index (χ1) is 11.3. The fourth-order valence-electron chi connectivity index (χ4n) is 3.27. The van der Waals surface area contributed by atoms with Crippen LogP contribution in [0.15, 0.2) is 48.5 Å². The lowest BCUT2D eigenvalue weighted by Crippen LogP contribution is -2.16. The monoisotopic (exact) mass is 331 g/mol. The van der Waals surface area contributed by atoms with Gasteiger partial charge >= 0.3 is 6.18 Å². The Morgan fingerprint density at radius 2 is 1.71 bits per heavy atom. The minimum atomic E-state index is -4.47. The van der Waals surface area contributed by atoms with Crippen LogP contribution in [0.4, 0.5) is 13.2 Å². The van der Waals surface area contributed by atoms with Crippen LogP contribution in [0.2, 0.25) is 0 Å². The molecule has 0 radical (unpaired) electrons. The lowest BCUT2D eigenvalue weighted by molar-refractivity contribution is -0.138. The van der Waals surface area contributed by atoms with Gasteiger partial charge in [-0.05, 0) is 36.1 Å². The molecule has 3 rings (SSSR count). The Labute approximate surface area is 137 Å². The zero-order valence-electron chi connectivity index (χ0n) is 13.0. The Bertz CT molecular complexity index is 796. The maximum atomic E-state index is 13.1. The molecule has 2 atom stereocenters. The number of rotatable bonds is 2. The third kappa shape index (κ3) is 2.86. The molecule has 1 saturated carbocycles. The number of alkyl halides is 3. The van der Waals surface area contributed by atoms with Gasteiger partial charge in [-0.3, -0.25) is 4.79 Å². The molecule has 0 saturated heterocycles. The smallest absolute Gasteiger partial charge is 0.309 e. The summed E-state index contributed by atoms with van der Waals surface area (Å²) in [5, 5.41) is 8.13. The molecular formula is C19H16F3NO. The van der Waals surface area contributed by atoms with E-state index >= 15 is 0 Å². The van der Waals surface area contributed by atoms with E-state index in [1.54, 1.807) is 0 Å². The van der Waals surface area contributed by atoms with E-state index in [9.17, 15) is 18.0 Å². The molecule has 5 heteroatoms. The molecule has 2 unspecified atom stereocenters. The summed E-state index contributed by atoms with van der Waals surface area (Å²) in [6, 6.07) is 13.0. The third-order valence-corrected chi connectivity index (χ3v) is 4.50.